The first-order chi connectivity index (χ1) is 10.3. The molecule has 21 heavy (non-hydrogen) atoms. The molecule has 0 amide bonds. The van der Waals surface area contributed by atoms with Gasteiger partial charge < -0.3 is 14.8 Å². The molecule has 1 N–H and O–H groups in total. The molecular formula is C17H28N2O2. The molecule has 2 rings (SSSR count). The van der Waals surface area contributed by atoms with Crippen LogP contribution >= 0.6 is 0 Å². The molecule has 0 unspecified atom stereocenters. The summed E-state index contributed by atoms with van der Waals surface area (Å²) < 4.78 is 10.9. The minimum Gasteiger partial charge on any atom is -0.493 e. The Balaban J connectivity index is 1.78. The summed E-state index contributed by atoms with van der Waals surface area (Å²) in [7, 11) is 1.67. The molecule has 1 aromatic rings. The number of rotatable bonds is 10. The number of benzene rings is 1. The number of likely N-dealkylation sites (N-methyl/N-ethyl adjacent to an activating group) is 1. The van der Waals surface area contributed by atoms with E-state index in [2.05, 4.69) is 29.3 Å². The van der Waals surface area contributed by atoms with Gasteiger partial charge >= 0.3 is 0 Å². The highest BCUT2D eigenvalue weighted by Crippen LogP contribution is 2.28. The lowest BCUT2D eigenvalue weighted by molar-refractivity contribution is 0.277. The van der Waals surface area contributed by atoms with Crippen molar-refractivity contribution in [3.63, 3.8) is 0 Å². The number of hydrogen-bond acceptors (Lipinski definition) is 4. The van der Waals surface area contributed by atoms with Crippen LogP contribution in [0.5, 0.6) is 11.5 Å². The molecule has 1 aliphatic carbocycles. The van der Waals surface area contributed by atoms with Crippen LogP contribution in [-0.4, -0.2) is 44.3 Å². The lowest BCUT2D eigenvalue weighted by atomic mass is 10.2. The van der Waals surface area contributed by atoms with Crippen LogP contribution in [0.1, 0.15) is 32.3 Å². The summed E-state index contributed by atoms with van der Waals surface area (Å²) in [5, 5.41) is 3.52. The Labute approximate surface area is 128 Å². The first-order valence-corrected chi connectivity index (χ1v) is 8.03. The predicted octanol–water partition coefficient (Wildman–Crippen LogP) is 2.67. The second kappa shape index (κ2) is 8.25. The molecule has 1 aliphatic rings. The van der Waals surface area contributed by atoms with Gasteiger partial charge in [0.25, 0.3) is 0 Å². The highest BCUT2D eigenvalue weighted by molar-refractivity contribution is 5.42. The molecule has 4 nitrogen and oxygen atoms in total. The number of ether oxygens (including phenoxy) is 2. The van der Waals surface area contributed by atoms with Crippen LogP contribution in [0.15, 0.2) is 18.2 Å². The molecule has 0 saturated heterocycles. The average Bonchev–Trinajstić information content (AvgIpc) is 3.33. The maximum absolute atomic E-state index is 5.61. The minimum absolute atomic E-state index is 0.653. The summed E-state index contributed by atoms with van der Waals surface area (Å²) in [5.74, 6) is 1.62. The van der Waals surface area contributed by atoms with Crippen molar-refractivity contribution < 1.29 is 9.47 Å². The number of nitrogens with one attached hydrogen (secondary N) is 1. The Bertz CT molecular complexity index is 433. The lowest BCUT2D eigenvalue weighted by Crippen LogP contribution is -2.33. The monoisotopic (exact) mass is 292 g/mol. The molecule has 0 radical (unpaired) electrons. The Morgan fingerprint density at radius 2 is 2.05 bits per heavy atom. The lowest BCUT2D eigenvalue weighted by Gasteiger charge is -2.20. The zero-order valence-electron chi connectivity index (χ0n) is 13.5. The van der Waals surface area contributed by atoms with Gasteiger partial charge in [0.05, 0.1) is 13.7 Å². The Morgan fingerprint density at radius 1 is 1.24 bits per heavy atom. The highest BCUT2D eigenvalue weighted by atomic mass is 16.5. The van der Waals surface area contributed by atoms with Crippen LogP contribution in [-0.2, 0) is 6.54 Å². The van der Waals surface area contributed by atoms with Gasteiger partial charge in [0.15, 0.2) is 11.5 Å². The van der Waals surface area contributed by atoms with E-state index in [4.69, 9.17) is 9.47 Å². The van der Waals surface area contributed by atoms with Gasteiger partial charge in [-0.1, -0.05) is 13.0 Å². The fourth-order valence-electron chi connectivity index (χ4n) is 2.59. The SMILES string of the molecule is CCOc1cc(CNCCN(CC)C2CC2)ccc1OC. The molecule has 118 valence electrons. The Morgan fingerprint density at radius 3 is 2.67 bits per heavy atom. The van der Waals surface area contributed by atoms with Gasteiger partial charge in [-0.3, -0.25) is 4.90 Å². The van der Waals surface area contributed by atoms with Crippen LogP contribution in [0.25, 0.3) is 0 Å². The zero-order chi connectivity index (χ0) is 15.1. The quantitative estimate of drug-likeness (QED) is 0.672. The number of hydrogen-bond donors (Lipinski definition) is 1. The summed E-state index contributed by atoms with van der Waals surface area (Å²) in [6.45, 7) is 9.07. The largest absolute Gasteiger partial charge is 0.493 e. The van der Waals surface area contributed by atoms with Crippen LogP contribution in [0.3, 0.4) is 0 Å². The second-order valence-electron chi connectivity index (χ2n) is 5.45. The van der Waals surface area contributed by atoms with E-state index in [1.54, 1.807) is 7.11 Å². The Hall–Kier alpha value is -1.26. The molecule has 0 spiro atoms. The maximum atomic E-state index is 5.61. The van der Waals surface area contributed by atoms with Gasteiger partial charge in [-0.15, -0.1) is 0 Å². The number of nitrogens with zero attached hydrogens (tertiary/aromatic N) is 1. The molecule has 0 aliphatic heterocycles. The van der Waals surface area contributed by atoms with Gasteiger partial charge in [0, 0.05) is 25.7 Å². The van der Waals surface area contributed by atoms with Crippen molar-refractivity contribution in [1.82, 2.24) is 10.2 Å². The first-order valence-electron chi connectivity index (χ1n) is 8.03. The van der Waals surface area contributed by atoms with Crippen molar-refractivity contribution in [3.8, 4) is 11.5 Å². The fourth-order valence-corrected chi connectivity index (χ4v) is 2.59. The van der Waals surface area contributed by atoms with E-state index in [9.17, 15) is 0 Å². The van der Waals surface area contributed by atoms with Gasteiger partial charge in [-0.2, -0.15) is 0 Å². The van der Waals surface area contributed by atoms with Crippen LogP contribution in [0.2, 0.25) is 0 Å². The average molecular weight is 292 g/mol. The summed E-state index contributed by atoms with van der Waals surface area (Å²) >= 11 is 0. The maximum Gasteiger partial charge on any atom is 0.161 e. The van der Waals surface area contributed by atoms with Crippen molar-refractivity contribution in [2.45, 2.75) is 39.3 Å². The van der Waals surface area contributed by atoms with E-state index in [0.29, 0.717) is 6.61 Å². The van der Waals surface area contributed by atoms with Crippen molar-refractivity contribution in [2.75, 3.05) is 33.4 Å². The summed E-state index contributed by atoms with van der Waals surface area (Å²) in [6, 6.07) is 6.98. The third-order valence-corrected chi connectivity index (χ3v) is 3.90. The molecular weight excluding hydrogens is 264 g/mol. The first kappa shape index (κ1) is 16.1. The highest BCUT2D eigenvalue weighted by Gasteiger charge is 2.26. The van der Waals surface area contributed by atoms with E-state index in [1.165, 1.54) is 18.4 Å². The van der Waals surface area contributed by atoms with Crippen molar-refractivity contribution in [3.05, 3.63) is 23.8 Å². The van der Waals surface area contributed by atoms with E-state index in [-0.39, 0.29) is 0 Å². The van der Waals surface area contributed by atoms with E-state index < -0.39 is 0 Å². The van der Waals surface area contributed by atoms with Gasteiger partial charge in [0.2, 0.25) is 0 Å². The minimum atomic E-state index is 0.653. The van der Waals surface area contributed by atoms with Gasteiger partial charge in [-0.05, 0) is 44.0 Å². The third-order valence-electron chi connectivity index (χ3n) is 3.90. The normalized spacial score (nSPS) is 14.5. The molecule has 0 atom stereocenters. The summed E-state index contributed by atoms with van der Waals surface area (Å²) in [4.78, 5) is 2.56. The molecule has 4 heteroatoms. The molecule has 0 heterocycles. The number of methoxy groups -OCH3 is 1. The third kappa shape index (κ3) is 4.90. The summed E-state index contributed by atoms with van der Waals surface area (Å²) in [6.07, 6.45) is 2.76. The van der Waals surface area contributed by atoms with Gasteiger partial charge in [0.1, 0.15) is 0 Å². The van der Waals surface area contributed by atoms with E-state index in [1.807, 2.05) is 13.0 Å². The van der Waals surface area contributed by atoms with Gasteiger partial charge in [-0.25, -0.2) is 0 Å². The molecule has 1 saturated carbocycles. The van der Waals surface area contributed by atoms with Crippen molar-refractivity contribution >= 4 is 0 Å². The van der Waals surface area contributed by atoms with Crippen LogP contribution in [0.4, 0.5) is 0 Å². The standard InChI is InChI=1S/C17H28N2O2/c1-4-19(15-7-8-15)11-10-18-13-14-6-9-16(20-3)17(12-14)21-5-2/h6,9,12,15,18H,4-5,7-8,10-11,13H2,1-3H3. The van der Waals surface area contributed by atoms with Crippen molar-refractivity contribution in [2.24, 2.45) is 0 Å². The second-order valence-corrected chi connectivity index (χ2v) is 5.45. The summed E-state index contributed by atoms with van der Waals surface area (Å²) in [5.41, 5.74) is 1.23. The molecule has 0 bridgehead atoms. The molecule has 0 aromatic heterocycles. The smallest absolute Gasteiger partial charge is 0.161 e. The topological polar surface area (TPSA) is 33.7 Å². The van der Waals surface area contributed by atoms with Crippen LogP contribution < -0.4 is 14.8 Å². The Kier molecular flexibility index (Phi) is 6.33. The zero-order valence-corrected chi connectivity index (χ0v) is 13.5. The van der Waals surface area contributed by atoms with E-state index in [0.717, 1.165) is 43.7 Å². The van der Waals surface area contributed by atoms with Crippen LogP contribution in [0, 0.1) is 0 Å². The molecule has 1 aromatic carbocycles. The fraction of sp³-hybridized carbons (Fsp3) is 0.647. The predicted molar refractivity (Wildman–Crippen MR) is 86.1 cm³/mol. The van der Waals surface area contributed by atoms with Crippen molar-refractivity contribution in [1.29, 1.82) is 0 Å². The van der Waals surface area contributed by atoms with E-state index >= 15 is 0 Å². The molecule has 1 fully saturated rings.